The van der Waals surface area contributed by atoms with E-state index in [-0.39, 0.29) is 10.7 Å². The topological polar surface area (TPSA) is 145 Å². The fraction of sp³-hybridized carbons (Fsp3) is 0.0667. The number of urea groups is 1. The number of carboxylic acid groups (broad SMARTS) is 1. The third kappa shape index (κ3) is 5.32. The number of benzene rings is 2. The summed E-state index contributed by atoms with van der Waals surface area (Å²) in [6, 6.07) is 8.36. The molecular weight excluding hydrogens is 466 g/mol. The van der Waals surface area contributed by atoms with Crippen molar-refractivity contribution in [3.8, 4) is 5.75 Å². The number of rotatable bonds is 6. The van der Waals surface area contributed by atoms with Crippen LogP contribution in [-0.4, -0.2) is 37.2 Å². The van der Waals surface area contributed by atoms with Crippen LogP contribution < -0.4 is 15.4 Å². The zero-order chi connectivity index (χ0) is 20.2. The molecule has 5 N–H and O–H groups in total. The predicted molar refractivity (Wildman–Crippen MR) is 103 cm³/mol. The van der Waals surface area contributed by atoms with Crippen LogP contribution >= 0.6 is 27.5 Å². The lowest BCUT2D eigenvalue weighted by molar-refractivity contribution is -0.135. The van der Waals surface area contributed by atoms with Gasteiger partial charge in [-0.1, -0.05) is 23.7 Å². The number of sulfonamides is 1. The molecule has 2 rings (SSSR count). The van der Waals surface area contributed by atoms with Gasteiger partial charge >= 0.3 is 12.0 Å². The lowest BCUT2D eigenvalue weighted by atomic mass is 10.3. The Morgan fingerprint density at radius 3 is 2.33 bits per heavy atom. The van der Waals surface area contributed by atoms with E-state index < -0.39 is 39.2 Å². The molecule has 27 heavy (non-hydrogen) atoms. The van der Waals surface area contributed by atoms with E-state index >= 15 is 0 Å². The maximum absolute atomic E-state index is 12.2. The highest BCUT2D eigenvalue weighted by atomic mass is 79.9. The van der Waals surface area contributed by atoms with E-state index in [0.717, 1.165) is 6.07 Å². The first kappa shape index (κ1) is 21.0. The van der Waals surface area contributed by atoms with Crippen LogP contribution in [0.15, 0.2) is 45.8 Å². The number of aliphatic carboxylic acids is 1. The highest BCUT2D eigenvalue weighted by Crippen LogP contribution is 2.36. The van der Waals surface area contributed by atoms with Gasteiger partial charge in [0.15, 0.2) is 5.75 Å². The molecule has 2 amide bonds. The van der Waals surface area contributed by atoms with Crippen LogP contribution in [0, 0.1) is 0 Å². The van der Waals surface area contributed by atoms with Crippen LogP contribution in [0.25, 0.3) is 0 Å². The molecule has 2 aromatic rings. The third-order valence-electron chi connectivity index (χ3n) is 3.14. The second-order valence-electron chi connectivity index (χ2n) is 5.05. The number of nitrogens with one attached hydrogen (secondary N) is 3. The first-order valence-corrected chi connectivity index (χ1v) is 9.82. The van der Waals surface area contributed by atoms with Crippen molar-refractivity contribution in [2.24, 2.45) is 0 Å². The molecule has 144 valence electrons. The van der Waals surface area contributed by atoms with Gasteiger partial charge in [-0.05, 0) is 40.2 Å². The molecule has 0 bridgehead atoms. The quantitative estimate of drug-likeness (QED) is 0.404. The standard InChI is InChI=1S/C15H13BrClN3O6S/c16-8-3-1-2-4-10(8)19-15(24)20-11-6-5-9(17)14(13(11)23)27(25,26)18-7-12(21)22/h1-6,18,23H,7H2,(H,21,22)(H2,19,20,24). The lowest BCUT2D eigenvalue weighted by Gasteiger charge is -2.14. The Kier molecular flexibility index (Phi) is 6.65. The second kappa shape index (κ2) is 8.57. The molecule has 0 saturated heterocycles. The van der Waals surface area contributed by atoms with E-state index in [1.54, 1.807) is 29.0 Å². The van der Waals surface area contributed by atoms with E-state index in [4.69, 9.17) is 16.7 Å². The molecule has 0 heterocycles. The summed E-state index contributed by atoms with van der Waals surface area (Å²) in [5.41, 5.74) is 0.207. The van der Waals surface area contributed by atoms with Gasteiger partial charge in [-0.25, -0.2) is 13.2 Å². The smallest absolute Gasteiger partial charge is 0.323 e. The zero-order valence-electron chi connectivity index (χ0n) is 13.4. The van der Waals surface area contributed by atoms with Crippen LogP contribution in [0.3, 0.4) is 0 Å². The van der Waals surface area contributed by atoms with E-state index in [1.165, 1.54) is 6.07 Å². The maximum Gasteiger partial charge on any atom is 0.323 e. The highest BCUT2D eigenvalue weighted by molar-refractivity contribution is 9.10. The fourth-order valence-corrected chi connectivity index (χ4v) is 3.96. The van der Waals surface area contributed by atoms with Gasteiger partial charge in [-0.15, -0.1) is 0 Å². The number of para-hydroxylation sites is 1. The van der Waals surface area contributed by atoms with Gasteiger partial charge in [0, 0.05) is 4.47 Å². The third-order valence-corrected chi connectivity index (χ3v) is 5.73. The van der Waals surface area contributed by atoms with Crippen LogP contribution in [0.5, 0.6) is 5.75 Å². The largest absolute Gasteiger partial charge is 0.504 e. The Balaban J connectivity index is 2.27. The summed E-state index contributed by atoms with van der Waals surface area (Å²) >= 11 is 9.08. The molecule has 0 spiro atoms. The number of hydrogen-bond acceptors (Lipinski definition) is 5. The molecule has 0 aromatic heterocycles. The van der Waals surface area contributed by atoms with Crippen molar-refractivity contribution in [3.63, 3.8) is 0 Å². The van der Waals surface area contributed by atoms with Crippen molar-refractivity contribution in [2.75, 3.05) is 17.2 Å². The summed E-state index contributed by atoms with van der Waals surface area (Å²) < 4.78 is 26.8. The molecule has 0 aliphatic rings. The van der Waals surface area contributed by atoms with Crippen molar-refractivity contribution in [3.05, 3.63) is 45.9 Å². The second-order valence-corrected chi connectivity index (χ2v) is 8.02. The summed E-state index contributed by atoms with van der Waals surface area (Å²) in [5.74, 6) is -2.25. The number of aromatic hydroxyl groups is 1. The Morgan fingerprint density at radius 1 is 1.07 bits per heavy atom. The van der Waals surface area contributed by atoms with Crippen LogP contribution in [0.1, 0.15) is 0 Å². The van der Waals surface area contributed by atoms with Crippen molar-refractivity contribution in [1.82, 2.24) is 4.72 Å². The number of phenolic OH excluding ortho intramolecular Hbond substituents is 1. The minimum Gasteiger partial charge on any atom is -0.504 e. The number of amides is 2. The van der Waals surface area contributed by atoms with Crippen LogP contribution in [0.2, 0.25) is 5.02 Å². The summed E-state index contributed by atoms with van der Waals surface area (Å²) in [6.45, 7) is -0.904. The van der Waals surface area contributed by atoms with E-state index in [9.17, 15) is 23.1 Å². The van der Waals surface area contributed by atoms with Gasteiger partial charge in [0.05, 0.1) is 16.4 Å². The molecule has 0 atom stereocenters. The van der Waals surface area contributed by atoms with Gasteiger partial charge in [0.2, 0.25) is 10.0 Å². The number of carbonyl (C=O) groups is 2. The van der Waals surface area contributed by atoms with E-state index in [0.29, 0.717) is 10.2 Å². The number of anilines is 2. The average Bonchev–Trinajstić information content (AvgIpc) is 2.58. The molecule has 9 nitrogen and oxygen atoms in total. The van der Waals surface area contributed by atoms with Crippen molar-refractivity contribution in [2.45, 2.75) is 4.90 Å². The van der Waals surface area contributed by atoms with Crippen molar-refractivity contribution < 1.29 is 28.2 Å². The number of carbonyl (C=O) groups excluding carboxylic acids is 1. The average molecular weight is 479 g/mol. The minimum atomic E-state index is -4.43. The Bertz CT molecular complexity index is 999. The van der Waals surface area contributed by atoms with E-state index in [1.807, 2.05) is 0 Å². The number of carboxylic acids is 1. The maximum atomic E-state index is 12.2. The van der Waals surface area contributed by atoms with Gasteiger partial charge in [0.25, 0.3) is 0 Å². The monoisotopic (exact) mass is 477 g/mol. The van der Waals surface area contributed by atoms with E-state index in [2.05, 4.69) is 26.6 Å². The predicted octanol–water partition coefficient (Wildman–Crippen LogP) is 2.82. The molecule has 0 unspecified atom stereocenters. The van der Waals surface area contributed by atoms with Gasteiger partial charge in [0.1, 0.15) is 11.4 Å². The molecule has 0 aliphatic carbocycles. The van der Waals surface area contributed by atoms with Crippen LogP contribution in [0.4, 0.5) is 16.2 Å². The summed E-state index contributed by atoms with van der Waals surface area (Å²) in [4.78, 5) is 21.9. The summed E-state index contributed by atoms with van der Waals surface area (Å²) in [5, 5.41) is 23.3. The minimum absolute atomic E-state index is 0.236. The Hall–Kier alpha value is -2.34. The Labute approximate surface area is 167 Å². The fourth-order valence-electron chi connectivity index (χ4n) is 1.97. The normalized spacial score (nSPS) is 11.0. The molecule has 0 aliphatic heterocycles. The van der Waals surface area contributed by atoms with Crippen molar-refractivity contribution in [1.29, 1.82) is 0 Å². The summed E-state index contributed by atoms with van der Waals surface area (Å²) in [6.07, 6.45) is 0. The van der Waals surface area contributed by atoms with Gasteiger partial charge < -0.3 is 20.8 Å². The zero-order valence-corrected chi connectivity index (χ0v) is 16.5. The number of halogens is 2. The first-order chi connectivity index (χ1) is 12.6. The molecule has 0 radical (unpaired) electrons. The SMILES string of the molecule is O=C(O)CNS(=O)(=O)c1c(Cl)ccc(NC(=O)Nc2ccccc2Br)c1O. The van der Waals surface area contributed by atoms with Gasteiger partial charge in [-0.3, -0.25) is 4.79 Å². The molecule has 12 heteroatoms. The lowest BCUT2D eigenvalue weighted by Crippen LogP contribution is -2.30. The molecule has 2 aromatic carbocycles. The number of phenols is 1. The molecule has 0 fully saturated rings. The molecular formula is C15H13BrClN3O6S. The van der Waals surface area contributed by atoms with Gasteiger partial charge in [-0.2, -0.15) is 4.72 Å². The van der Waals surface area contributed by atoms with Crippen LogP contribution in [-0.2, 0) is 14.8 Å². The first-order valence-electron chi connectivity index (χ1n) is 7.17. The number of hydrogen-bond donors (Lipinski definition) is 5. The summed E-state index contributed by atoms with van der Waals surface area (Å²) in [7, 11) is -4.43. The Morgan fingerprint density at radius 2 is 1.70 bits per heavy atom. The van der Waals surface area contributed by atoms with Crippen molar-refractivity contribution >= 4 is 60.9 Å². The molecule has 0 saturated carbocycles. The highest BCUT2D eigenvalue weighted by Gasteiger charge is 2.26.